The van der Waals surface area contributed by atoms with Gasteiger partial charge in [-0.2, -0.15) is 0 Å². The minimum absolute atomic E-state index is 0.297. The Bertz CT molecular complexity index is 179. The van der Waals surface area contributed by atoms with Crippen LogP contribution in [0.5, 0.6) is 0 Å². The van der Waals surface area contributed by atoms with Crippen LogP contribution < -0.4 is 5.32 Å². The van der Waals surface area contributed by atoms with E-state index in [1.54, 1.807) is 6.26 Å². The number of allylic oxidation sites excluding steroid dienone is 1. The number of ether oxygens (including phenoxy) is 1. The smallest absolute Gasteiger partial charge is 0.110 e. The molecule has 3 heteroatoms. The maximum atomic E-state index is 5.58. The van der Waals surface area contributed by atoms with Gasteiger partial charge >= 0.3 is 0 Å². The Morgan fingerprint density at radius 1 is 1.75 bits per heavy atom. The maximum Gasteiger partial charge on any atom is 0.110 e. The predicted octanol–water partition coefficient (Wildman–Crippen LogP) is 2.02. The van der Waals surface area contributed by atoms with Crippen molar-refractivity contribution in [2.45, 2.75) is 18.9 Å². The van der Waals surface area contributed by atoms with Crippen LogP contribution in [0.1, 0.15) is 12.8 Å². The Kier molecular flexibility index (Phi) is 4.19. The molecule has 0 saturated carbocycles. The molecule has 0 aromatic heterocycles. The quantitative estimate of drug-likeness (QED) is 0.727. The molecule has 0 bridgehead atoms. The molecule has 1 aliphatic rings. The molecule has 0 aromatic carbocycles. The molecule has 1 aliphatic heterocycles. The van der Waals surface area contributed by atoms with Crippen molar-refractivity contribution in [3.63, 3.8) is 0 Å². The standard InChI is InChI=1S/C9H14ClNO/c1-8(10)6-11-7-9-4-2-3-5-12-9/h3,5,9,11H,1-2,4,6-7H2. The fraction of sp³-hybridized carbons (Fsp3) is 0.556. The van der Waals surface area contributed by atoms with Gasteiger partial charge in [-0.3, -0.25) is 0 Å². The van der Waals surface area contributed by atoms with Crippen LogP contribution in [0.4, 0.5) is 0 Å². The SMILES string of the molecule is C=C(Cl)CNCC1CCC=CO1. The first-order valence-electron chi connectivity index (χ1n) is 4.13. The zero-order valence-corrected chi connectivity index (χ0v) is 7.81. The largest absolute Gasteiger partial charge is 0.497 e. The summed E-state index contributed by atoms with van der Waals surface area (Å²) in [6.07, 6.45) is 6.29. The summed E-state index contributed by atoms with van der Waals surface area (Å²) >= 11 is 5.58. The first-order chi connectivity index (χ1) is 5.79. The van der Waals surface area contributed by atoms with Gasteiger partial charge in [0.2, 0.25) is 0 Å². The Morgan fingerprint density at radius 3 is 3.17 bits per heavy atom. The lowest BCUT2D eigenvalue weighted by atomic mass is 10.1. The van der Waals surface area contributed by atoms with Gasteiger partial charge in [-0.05, 0) is 18.9 Å². The minimum atomic E-state index is 0.297. The van der Waals surface area contributed by atoms with Gasteiger partial charge in [0.15, 0.2) is 0 Å². The van der Waals surface area contributed by atoms with Crippen LogP contribution in [0.15, 0.2) is 23.9 Å². The molecule has 12 heavy (non-hydrogen) atoms. The van der Waals surface area contributed by atoms with E-state index < -0.39 is 0 Å². The molecular weight excluding hydrogens is 174 g/mol. The number of hydrogen-bond acceptors (Lipinski definition) is 2. The fourth-order valence-electron chi connectivity index (χ4n) is 1.10. The van der Waals surface area contributed by atoms with Crippen molar-refractivity contribution >= 4 is 11.6 Å². The summed E-state index contributed by atoms with van der Waals surface area (Å²) < 4.78 is 5.34. The van der Waals surface area contributed by atoms with Crippen LogP contribution in [0.3, 0.4) is 0 Å². The van der Waals surface area contributed by atoms with Gasteiger partial charge < -0.3 is 10.1 Å². The van der Waals surface area contributed by atoms with E-state index in [9.17, 15) is 0 Å². The van der Waals surface area contributed by atoms with Crippen molar-refractivity contribution < 1.29 is 4.74 Å². The van der Waals surface area contributed by atoms with E-state index in [0.717, 1.165) is 19.4 Å². The lowest BCUT2D eigenvalue weighted by Crippen LogP contribution is -2.29. The molecule has 68 valence electrons. The van der Waals surface area contributed by atoms with Crippen LogP contribution in [0, 0.1) is 0 Å². The monoisotopic (exact) mass is 187 g/mol. The normalized spacial score (nSPS) is 21.9. The van der Waals surface area contributed by atoms with Gasteiger partial charge in [-0.15, -0.1) is 0 Å². The Balaban J connectivity index is 2.06. The summed E-state index contributed by atoms with van der Waals surface area (Å²) in [7, 11) is 0. The van der Waals surface area contributed by atoms with E-state index in [2.05, 4.69) is 11.9 Å². The summed E-state index contributed by atoms with van der Waals surface area (Å²) in [5.74, 6) is 0. The second-order valence-electron chi connectivity index (χ2n) is 2.86. The summed E-state index contributed by atoms with van der Waals surface area (Å²) in [4.78, 5) is 0. The van der Waals surface area contributed by atoms with E-state index >= 15 is 0 Å². The number of hydrogen-bond donors (Lipinski definition) is 1. The zero-order chi connectivity index (χ0) is 8.81. The van der Waals surface area contributed by atoms with Crippen LogP contribution in [0.25, 0.3) is 0 Å². The van der Waals surface area contributed by atoms with Crippen molar-refractivity contribution in [3.05, 3.63) is 23.9 Å². The topological polar surface area (TPSA) is 21.3 Å². The zero-order valence-electron chi connectivity index (χ0n) is 7.05. The average Bonchev–Trinajstić information content (AvgIpc) is 2.05. The predicted molar refractivity (Wildman–Crippen MR) is 51.1 cm³/mol. The molecule has 1 N–H and O–H groups in total. The summed E-state index contributed by atoms with van der Waals surface area (Å²) in [5, 5.41) is 3.80. The molecule has 0 aromatic rings. The van der Waals surface area contributed by atoms with Gasteiger partial charge in [0.25, 0.3) is 0 Å². The van der Waals surface area contributed by atoms with E-state index in [0.29, 0.717) is 17.7 Å². The number of halogens is 1. The maximum absolute atomic E-state index is 5.58. The van der Waals surface area contributed by atoms with E-state index in [1.807, 2.05) is 6.08 Å². The van der Waals surface area contributed by atoms with Gasteiger partial charge in [-0.1, -0.05) is 18.2 Å². The van der Waals surface area contributed by atoms with E-state index in [-0.39, 0.29) is 0 Å². The first kappa shape index (κ1) is 9.62. The third-order valence-corrected chi connectivity index (χ3v) is 1.85. The molecule has 0 saturated heterocycles. The second-order valence-corrected chi connectivity index (χ2v) is 3.39. The molecule has 0 fully saturated rings. The van der Waals surface area contributed by atoms with Gasteiger partial charge in [0.05, 0.1) is 6.26 Å². The summed E-state index contributed by atoms with van der Waals surface area (Å²) in [6.45, 7) is 5.09. The van der Waals surface area contributed by atoms with Crippen molar-refractivity contribution in [3.8, 4) is 0 Å². The molecule has 0 aliphatic carbocycles. The third-order valence-electron chi connectivity index (χ3n) is 1.71. The molecule has 1 unspecified atom stereocenters. The van der Waals surface area contributed by atoms with E-state index in [4.69, 9.17) is 16.3 Å². The average molecular weight is 188 g/mol. The molecule has 1 rings (SSSR count). The Labute approximate surface area is 78.2 Å². The second kappa shape index (κ2) is 5.22. The summed E-state index contributed by atoms with van der Waals surface area (Å²) in [5.41, 5.74) is 0. The lowest BCUT2D eigenvalue weighted by Gasteiger charge is -2.19. The first-order valence-corrected chi connectivity index (χ1v) is 4.51. The van der Waals surface area contributed by atoms with Crippen molar-refractivity contribution in [2.75, 3.05) is 13.1 Å². The summed E-state index contributed by atoms with van der Waals surface area (Å²) in [6, 6.07) is 0. The molecule has 0 radical (unpaired) electrons. The van der Waals surface area contributed by atoms with Crippen molar-refractivity contribution in [1.82, 2.24) is 5.32 Å². The van der Waals surface area contributed by atoms with Crippen LogP contribution >= 0.6 is 11.6 Å². The van der Waals surface area contributed by atoms with E-state index in [1.165, 1.54) is 0 Å². The highest BCUT2D eigenvalue weighted by atomic mass is 35.5. The molecule has 1 heterocycles. The number of nitrogens with one attached hydrogen (secondary N) is 1. The van der Waals surface area contributed by atoms with Gasteiger partial charge in [0, 0.05) is 18.1 Å². The minimum Gasteiger partial charge on any atom is -0.497 e. The van der Waals surface area contributed by atoms with Crippen LogP contribution in [-0.2, 0) is 4.74 Å². The highest BCUT2D eigenvalue weighted by Crippen LogP contribution is 2.08. The number of rotatable bonds is 4. The van der Waals surface area contributed by atoms with Gasteiger partial charge in [0.1, 0.15) is 6.10 Å². The van der Waals surface area contributed by atoms with Crippen molar-refractivity contribution in [2.24, 2.45) is 0 Å². The highest BCUT2D eigenvalue weighted by molar-refractivity contribution is 6.29. The third kappa shape index (κ3) is 3.79. The Hall–Kier alpha value is -0.470. The molecule has 0 spiro atoms. The Morgan fingerprint density at radius 2 is 2.58 bits per heavy atom. The lowest BCUT2D eigenvalue weighted by molar-refractivity contribution is 0.123. The fourth-order valence-corrected chi connectivity index (χ4v) is 1.20. The van der Waals surface area contributed by atoms with Gasteiger partial charge in [-0.25, -0.2) is 0 Å². The molecule has 2 nitrogen and oxygen atoms in total. The van der Waals surface area contributed by atoms with Crippen LogP contribution in [-0.4, -0.2) is 19.2 Å². The molecule has 1 atom stereocenters. The van der Waals surface area contributed by atoms with Crippen molar-refractivity contribution in [1.29, 1.82) is 0 Å². The molecule has 0 amide bonds. The molecular formula is C9H14ClNO. The van der Waals surface area contributed by atoms with Crippen LogP contribution in [0.2, 0.25) is 0 Å². The highest BCUT2D eigenvalue weighted by Gasteiger charge is 2.09.